The summed E-state index contributed by atoms with van der Waals surface area (Å²) >= 11 is 0. The number of hydrogen-bond acceptors (Lipinski definition) is 5. The van der Waals surface area contributed by atoms with Crippen molar-refractivity contribution in [3.05, 3.63) is 71.1 Å². The molecule has 0 aliphatic heterocycles. The lowest BCUT2D eigenvalue weighted by molar-refractivity contribution is -0.147. The molecule has 7 nitrogen and oxygen atoms in total. The van der Waals surface area contributed by atoms with Gasteiger partial charge < -0.3 is 0 Å². The number of nitrogens with one attached hydrogen (secondary N) is 1. The van der Waals surface area contributed by atoms with Gasteiger partial charge in [-0.1, -0.05) is 0 Å². The molecular formula is C24H18F5N5O2S. The standard InChI is InChI=1S/C24H18F5N5O2S/c1-12-8-21-16(9-19(12)26)17(10-30)23(34(21)22-7-5-18(25)13(2)32-22)20-6-4-15(11-31-20)37(35,36)33-14(3)24(27,28)29/h4-9,11,14,33H,1-3H3/t14-/m0/s1. The molecule has 0 amide bonds. The molecule has 0 saturated carbocycles. The highest BCUT2D eigenvalue weighted by atomic mass is 32.2. The van der Waals surface area contributed by atoms with E-state index < -0.39 is 38.8 Å². The van der Waals surface area contributed by atoms with Crippen molar-refractivity contribution in [3.63, 3.8) is 0 Å². The fourth-order valence-corrected chi connectivity index (χ4v) is 4.88. The molecule has 0 spiro atoms. The minimum atomic E-state index is -4.79. The topological polar surface area (TPSA) is 101 Å². The van der Waals surface area contributed by atoms with E-state index in [1.807, 2.05) is 6.07 Å². The molecule has 1 atom stereocenters. The number of aromatic nitrogens is 3. The molecule has 3 aromatic heterocycles. The third-order valence-electron chi connectivity index (χ3n) is 5.71. The number of hydrogen-bond donors (Lipinski definition) is 1. The normalized spacial score (nSPS) is 13.1. The number of aryl methyl sites for hydroxylation is 2. The van der Waals surface area contributed by atoms with Gasteiger partial charge in [0.1, 0.15) is 34.5 Å². The largest absolute Gasteiger partial charge is 0.404 e. The highest BCUT2D eigenvalue weighted by Gasteiger charge is 2.39. The van der Waals surface area contributed by atoms with Crippen molar-refractivity contribution < 1.29 is 30.4 Å². The van der Waals surface area contributed by atoms with E-state index in [0.29, 0.717) is 12.4 Å². The van der Waals surface area contributed by atoms with Gasteiger partial charge in [-0.15, -0.1) is 0 Å². The van der Waals surface area contributed by atoms with Crippen LogP contribution in [-0.4, -0.2) is 35.2 Å². The van der Waals surface area contributed by atoms with Crippen LogP contribution in [0.15, 0.2) is 47.5 Å². The summed E-state index contributed by atoms with van der Waals surface area (Å²) in [6.07, 6.45) is -3.95. The molecule has 4 rings (SSSR count). The van der Waals surface area contributed by atoms with E-state index in [1.165, 1.54) is 53.5 Å². The minimum Gasteiger partial charge on any atom is -0.291 e. The van der Waals surface area contributed by atoms with Crippen LogP contribution in [0.25, 0.3) is 28.1 Å². The van der Waals surface area contributed by atoms with Crippen molar-refractivity contribution in [1.29, 1.82) is 5.26 Å². The summed E-state index contributed by atoms with van der Waals surface area (Å²) in [7, 11) is -4.57. The van der Waals surface area contributed by atoms with Crippen molar-refractivity contribution in [2.24, 2.45) is 0 Å². The Balaban J connectivity index is 1.93. The maximum Gasteiger partial charge on any atom is 0.404 e. The molecule has 0 unspecified atom stereocenters. The molecule has 0 aliphatic carbocycles. The molecule has 37 heavy (non-hydrogen) atoms. The van der Waals surface area contributed by atoms with Gasteiger partial charge in [0.25, 0.3) is 0 Å². The smallest absolute Gasteiger partial charge is 0.291 e. The predicted octanol–water partition coefficient (Wildman–Crippen LogP) is 5.08. The van der Waals surface area contributed by atoms with Gasteiger partial charge in [0, 0.05) is 11.6 Å². The summed E-state index contributed by atoms with van der Waals surface area (Å²) < 4.78 is 94.8. The van der Waals surface area contributed by atoms with Crippen LogP contribution >= 0.6 is 0 Å². The Hall–Kier alpha value is -3.89. The molecule has 0 radical (unpaired) electrons. The maximum atomic E-state index is 14.4. The maximum absolute atomic E-state index is 14.4. The second-order valence-corrected chi connectivity index (χ2v) is 10.0. The number of pyridine rings is 2. The summed E-state index contributed by atoms with van der Waals surface area (Å²) in [4.78, 5) is 7.79. The Morgan fingerprint density at radius 3 is 2.35 bits per heavy atom. The molecule has 0 saturated heterocycles. The molecule has 3 heterocycles. The van der Waals surface area contributed by atoms with Crippen molar-refractivity contribution in [2.75, 3.05) is 0 Å². The Bertz CT molecular complexity index is 1670. The highest BCUT2D eigenvalue weighted by Crippen LogP contribution is 2.36. The second-order valence-electron chi connectivity index (χ2n) is 8.29. The van der Waals surface area contributed by atoms with E-state index in [1.54, 1.807) is 0 Å². The lowest BCUT2D eigenvalue weighted by Gasteiger charge is -2.17. The van der Waals surface area contributed by atoms with Crippen molar-refractivity contribution >= 4 is 20.9 Å². The third-order valence-corrected chi connectivity index (χ3v) is 7.23. The molecular weight excluding hydrogens is 517 g/mol. The van der Waals surface area contributed by atoms with Crippen LogP contribution in [0, 0.1) is 36.8 Å². The number of benzene rings is 1. The van der Waals surface area contributed by atoms with Gasteiger partial charge in [-0.25, -0.2) is 22.2 Å². The molecule has 0 bridgehead atoms. The SMILES string of the molecule is Cc1cc2c(cc1F)c(C#N)c(-c1ccc(S(=O)(=O)N[C@@H](C)C(F)(F)F)cn1)n2-c1ccc(F)c(C)n1. The van der Waals surface area contributed by atoms with Gasteiger partial charge in [0.05, 0.1) is 28.2 Å². The van der Waals surface area contributed by atoms with Crippen LogP contribution in [0.4, 0.5) is 22.0 Å². The van der Waals surface area contributed by atoms with Crippen molar-refractivity contribution in [1.82, 2.24) is 19.3 Å². The molecule has 0 aliphatic rings. The van der Waals surface area contributed by atoms with Gasteiger partial charge >= 0.3 is 6.18 Å². The number of fused-ring (bicyclic) bond motifs is 1. The summed E-state index contributed by atoms with van der Waals surface area (Å²) in [6, 6.07) is 7.08. The zero-order valence-electron chi connectivity index (χ0n) is 19.5. The number of nitrogens with zero attached hydrogens (tertiary/aromatic N) is 4. The van der Waals surface area contributed by atoms with Crippen LogP contribution in [-0.2, 0) is 10.0 Å². The fourth-order valence-electron chi connectivity index (χ4n) is 3.71. The van der Waals surface area contributed by atoms with Crippen LogP contribution < -0.4 is 4.72 Å². The molecule has 0 fully saturated rings. The molecule has 4 aromatic rings. The lowest BCUT2D eigenvalue weighted by Crippen LogP contribution is -2.42. The Morgan fingerprint density at radius 2 is 1.78 bits per heavy atom. The lowest BCUT2D eigenvalue weighted by atomic mass is 10.1. The van der Waals surface area contributed by atoms with E-state index in [9.17, 15) is 35.6 Å². The summed E-state index contributed by atoms with van der Waals surface area (Å²) in [5.41, 5.74) is 0.842. The first-order valence-corrected chi connectivity index (χ1v) is 12.2. The van der Waals surface area contributed by atoms with Crippen LogP contribution in [0.1, 0.15) is 23.7 Å². The molecule has 13 heteroatoms. The third kappa shape index (κ3) is 4.77. The quantitative estimate of drug-likeness (QED) is 0.359. The number of nitriles is 1. The van der Waals surface area contributed by atoms with Crippen molar-refractivity contribution in [2.45, 2.75) is 37.9 Å². The van der Waals surface area contributed by atoms with Gasteiger partial charge in [-0.2, -0.15) is 23.2 Å². The second kappa shape index (κ2) is 9.20. The number of halogens is 5. The highest BCUT2D eigenvalue weighted by molar-refractivity contribution is 7.89. The van der Waals surface area contributed by atoms with Crippen LogP contribution in [0.3, 0.4) is 0 Å². The van der Waals surface area contributed by atoms with Gasteiger partial charge in [0.15, 0.2) is 0 Å². The first kappa shape index (κ1) is 26.2. The molecule has 1 N–H and O–H groups in total. The first-order valence-electron chi connectivity index (χ1n) is 10.7. The Kier molecular flexibility index (Phi) is 6.51. The number of alkyl halides is 3. The molecule has 1 aromatic carbocycles. The van der Waals surface area contributed by atoms with Gasteiger partial charge in [-0.05, 0) is 62.7 Å². The van der Waals surface area contributed by atoms with Gasteiger partial charge in [-0.3, -0.25) is 9.55 Å². The summed E-state index contributed by atoms with van der Waals surface area (Å²) in [5.74, 6) is -0.960. The average molecular weight is 535 g/mol. The first-order chi connectivity index (χ1) is 17.2. The Morgan fingerprint density at radius 1 is 1.08 bits per heavy atom. The molecule has 192 valence electrons. The Labute approximate surface area is 208 Å². The van der Waals surface area contributed by atoms with Crippen LogP contribution in [0.5, 0.6) is 0 Å². The predicted molar refractivity (Wildman–Crippen MR) is 124 cm³/mol. The van der Waals surface area contributed by atoms with E-state index in [2.05, 4.69) is 9.97 Å². The van der Waals surface area contributed by atoms with Crippen molar-refractivity contribution in [3.8, 4) is 23.3 Å². The van der Waals surface area contributed by atoms with Crippen LogP contribution in [0.2, 0.25) is 0 Å². The summed E-state index contributed by atoms with van der Waals surface area (Å²) in [5, 5.41) is 10.2. The number of sulfonamides is 1. The van der Waals surface area contributed by atoms with E-state index in [0.717, 1.165) is 12.3 Å². The van der Waals surface area contributed by atoms with E-state index in [-0.39, 0.29) is 39.4 Å². The zero-order chi connectivity index (χ0) is 27.3. The minimum absolute atomic E-state index is 0.00963. The fraction of sp³-hybridized carbons (Fsp3) is 0.208. The summed E-state index contributed by atoms with van der Waals surface area (Å²) in [6.45, 7) is 3.62. The van der Waals surface area contributed by atoms with Gasteiger partial charge in [0.2, 0.25) is 10.0 Å². The zero-order valence-corrected chi connectivity index (χ0v) is 20.3. The number of rotatable bonds is 5. The van der Waals surface area contributed by atoms with E-state index in [4.69, 9.17) is 0 Å². The monoisotopic (exact) mass is 535 g/mol. The average Bonchev–Trinajstić information content (AvgIpc) is 3.13. The van der Waals surface area contributed by atoms with E-state index >= 15 is 0 Å².